The summed E-state index contributed by atoms with van der Waals surface area (Å²) < 4.78 is 10.5. The molecule has 3 rings (SSSR count). The largest absolute Gasteiger partial charge is 0.462 e. The van der Waals surface area contributed by atoms with Crippen molar-refractivity contribution in [2.45, 2.75) is 33.7 Å². The van der Waals surface area contributed by atoms with E-state index in [2.05, 4.69) is 15.2 Å². The minimum Gasteiger partial charge on any atom is -0.462 e. The summed E-state index contributed by atoms with van der Waals surface area (Å²) in [6.45, 7) is 10.7. The molecule has 1 saturated heterocycles. The smallest absolute Gasteiger partial charge is 0.340 e. The van der Waals surface area contributed by atoms with Gasteiger partial charge in [0.1, 0.15) is 0 Å². The SMILES string of the molecule is CCOC(=O)c1c(C)[nH]c(C(=O)[C@@H](C)Nc2ccc(N3CCOCC3)cc2)c1C. The number of anilines is 2. The molecule has 2 N–H and O–H groups in total. The van der Waals surface area contributed by atoms with Gasteiger partial charge < -0.3 is 24.7 Å². The Labute approximate surface area is 171 Å². The molecule has 29 heavy (non-hydrogen) atoms. The van der Waals surface area contributed by atoms with Crippen LogP contribution in [0, 0.1) is 13.8 Å². The number of nitrogens with one attached hydrogen (secondary N) is 2. The summed E-state index contributed by atoms with van der Waals surface area (Å²) >= 11 is 0. The number of hydrogen-bond donors (Lipinski definition) is 2. The molecule has 1 atom stereocenters. The molecule has 7 nitrogen and oxygen atoms in total. The summed E-state index contributed by atoms with van der Waals surface area (Å²) in [6, 6.07) is 7.61. The van der Waals surface area contributed by atoms with Crippen LogP contribution in [0.5, 0.6) is 0 Å². The fourth-order valence-electron chi connectivity index (χ4n) is 3.63. The molecular weight excluding hydrogens is 370 g/mol. The van der Waals surface area contributed by atoms with Gasteiger partial charge in [0.15, 0.2) is 0 Å². The zero-order valence-corrected chi connectivity index (χ0v) is 17.5. The average Bonchev–Trinajstić information content (AvgIpc) is 3.02. The van der Waals surface area contributed by atoms with Gasteiger partial charge in [0.05, 0.1) is 37.1 Å². The van der Waals surface area contributed by atoms with Crippen molar-refractivity contribution in [3.8, 4) is 0 Å². The van der Waals surface area contributed by atoms with Crippen LogP contribution >= 0.6 is 0 Å². The van der Waals surface area contributed by atoms with Crippen LogP contribution in [0.2, 0.25) is 0 Å². The Kier molecular flexibility index (Phi) is 6.59. The van der Waals surface area contributed by atoms with Crippen LogP contribution in [0.1, 0.15) is 46.0 Å². The topological polar surface area (TPSA) is 83.7 Å². The number of aromatic nitrogens is 1. The third-order valence-corrected chi connectivity index (χ3v) is 5.18. The van der Waals surface area contributed by atoms with Gasteiger partial charge in [-0.05, 0) is 57.5 Å². The van der Waals surface area contributed by atoms with Gasteiger partial charge in [-0.1, -0.05) is 0 Å². The first-order valence-electron chi connectivity index (χ1n) is 10.0. The Balaban J connectivity index is 1.69. The van der Waals surface area contributed by atoms with E-state index >= 15 is 0 Å². The van der Waals surface area contributed by atoms with E-state index in [1.165, 1.54) is 0 Å². The number of aryl methyl sites for hydroxylation is 1. The van der Waals surface area contributed by atoms with E-state index in [1.54, 1.807) is 20.8 Å². The predicted octanol–water partition coefficient (Wildman–Crippen LogP) is 3.33. The van der Waals surface area contributed by atoms with Gasteiger partial charge in [0, 0.05) is 30.2 Å². The van der Waals surface area contributed by atoms with Crippen molar-refractivity contribution in [1.82, 2.24) is 4.98 Å². The first-order valence-corrected chi connectivity index (χ1v) is 10.0. The number of nitrogens with zero attached hydrogens (tertiary/aromatic N) is 1. The van der Waals surface area contributed by atoms with Crippen LogP contribution < -0.4 is 10.2 Å². The van der Waals surface area contributed by atoms with E-state index in [9.17, 15) is 9.59 Å². The fourth-order valence-corrected chi connectivity index (χ4v) is 3.63. The molecule has 1 aliphatic heterocycles. The highest BCUT2D eigenvalue weighted by atomic mass is 16.5. The summed E-state index contributed by atoms with van der Waals surface area (Å²) in [6.07, 6.45) is 0. The second-order valence-corrected chi connectivity index (χ2v) is 7.22. The molecule has 1 aliphatic rings. The van der Waals surface area contributed by atoms with Gasteiger partial charge in [-0.3, -0.25) is 4.79 Å². The van der Waals surface area contributed by atoms with E-state index in [4.69, 9.17) is 9.47 Å². The predicted molar refractivity (Wildman–Crippen MR) is 113 cm³/mol. The molecule has 156 valence electrons. The fraction of sp³-hybridized carbons (Fsp3) is 0.455. The monoisotopic (exact) mass is 399 g/mol. The molecule has 0 spiro atoms. The molecule has 0 aliphatic carbocycles. The van der Waals surface area contributed by atoms with Gasteiger partial charge in [-0.2, -0.15) is 0 Å². The second kappa shape index (κ2) is 9.13. The molecule has 2 aromatic rings. The zero-order chi connectivity index (χ0) is 21.0. The maximum atomic E-state index is 13.0. The lowest BCUT2D eigenvalue weighted by atomic mass is 10.0. The molecule has 0 radical (unpaired) electrons. The van der Waals surface area contributed by atoms with Crippen molar-refractivity contribution in [1.29, 1.82) is 0 Å². The van der Waals surface area contributed by atoms with Crippen molar-refractivity contribution in [3.05, 3.63) is 46.8 Å². The number of benzene rings is 1. The molecule has 0 saturated carbocycles. The third kappa shape index (κ3) is 4.62. The van der Waals surface area contributed by atoms with E-state index in [0.717, 1.165) is 37.7 Å². The van der Waals surface area contributed by atoms with Crippen LogP contribution in [0.15, 0.2) is 24.3 Å². The number of aromatic amines is 1. The molecule has 7 heteroatoms. The van der Waals surface area contributed by atoms with Crippen molar-refractivity contribution in [2.75, 3.05) is 43.1 Å². The first kappa shape index (κ1) is 20.9. The van der Waals surface area contributed by atoms with E-state index in [1.807, 2.05) is 31.2 Å². The Bertz CT molecular complexity index is 867. The molecule has 0 bridgehead atoms. The summed E-state index contributed by atoms with van der Waals surface area (Å²) in [7, 11) is 0. The highest BCUT2D eigenvalue weighted by Crippen LogP contribution is 2.23. The highest BCUT2D eigenvalue weighted by molar-refractivity contribution is 6.04. The highest BCUT2D eigenvalue weighted by Gasteiger charge is 2.25. The molecule has 1 aromatic carbocycles. The number of ether oxygens (including phenoxy) is 2. The summed E-state index contributed by atoms with van der Waals surface area (Å²) in [4.78, 5) is 30.5. The Hall–Kier alpha value is -2.80. The van der Waals surface area contributed by atoms with Crippen molar-refractivity contribution in [3.63, 3.8) is 0 Å². The summed E-state index contributed by atoms with van der Waals surface area (Å²) in [5.41, 5.74) is 4.17. The summed E-state index contributed by atoms with van der Waals surface area (Å²) in [5, 5.41) is 3.25. The Morgan fingerprint density at radius 2 is 1.86 bits per heavy atom. The molecule has 1 aromatic heterocycles. The number of morpholine rings is 1. The molecule has 0 unspecified atom stereocenters. The van der Waals surface area contributed by atoms with Gasteiger partial charge >= 0.3 is 5.97 Å². The minimum absolute atomic E-state index is 0.0987. The lowest BCUT2D eigenvalue weighted by molar-refractivity contribution is 0.0525. The molecule has 0 amide bonds. The molecule has 1 fully saturated rings. The average molecular weight is 399 g/mol. The molecular formula is C22H29N3O4. The van der Waals surface area contributed by atoms with Crippen LogP contribution in [0.4, 0.5) is 11.4 Å². The maximum absolute atomic E-state index is 13.0. The number of Topliss-reactive ketones (excluding diaryl/α,β-unsaturated/α-hetero) is 1. The first-order chi connectivity index (χ1) is 13.9. The second-order valence-electron chi connectivity index (χ2n) is 7.22. The lowest BCUT2D eigenvalue weighted by Gasteiger charge is -2.29. The quantitative estimate of drug-likeness (QED) is 0.549. The van der Waals surface area contributed by atoms with Crippen LogP contribution in [-0.2, 0) is 9.47 Å². The minimum atomic E-state index is -0.448. The number of hydrogen-bond acceptors (Lipinski definition) is 6. The number of carbonyl (C=O) groups is 2. The van der Waals surface area contributed by atoms with Gasteiger partial charge in [-0.25, -0.2) is 4.79 Å². The van der Waals surface area contributed by atoms with Crippen LogP contribution in [0.3, 0.4) is 0 Å². The number of H-pyrrole nitrogens is 1. The van der Waals surface area contributed by atoms with E-state index in [-0.39, 0.29) is 5.78 Å². The Morgan fingerprint density at radius 1 is 1.21 bits per heavy atom. The lowest BCUT2D eigenvalue weighted by Crippen LogP contribution is -2.36. The molecule has 2 heterocycles. The van der Waals surface area contributed by atoms with Gasteiger partial charge in [0.2, 0.25) is 5.78 Å². The maximum Gasteiger partial charge on any atom is 0.340 e. The van der Waals surface area contributed by atoms with E-state index < -0.39 is 12.0 Å². The number of esters is 1. The van der Waals surface area contributed by atoms with Crippen molar-refractivity contribution < 1.29 is 19.1 Å². The van der Waals surface area contributed by atoms with Crippen LogP contribution in [-0.4, -0.2) is 55.7 Å². The normalized spacial score (nSPS) is 15.1. The van der Waals surface area contributed by atoms with E-state index in [0.29, 0.717) is 29.1 Å². The van der Waals surface area contributed by atoms with Gasteiger partial charge in [0.25, 0.3) is 0 Å². The zero-order valence-electron chi connectivity index (χ0n) is 17.5. The number of rotatable bonds is 7. The Morgan fingerprint density at radius 3 is 2.48 bits per heavy atom. The summed E-state index contributed by atoms with van der Waals surface area (Å²) in [5.74, 6) is -0.504. The number of ketones is 1. The van der Waals surface area contributed by atoms with Crippen molar-refractivity contribution in [2.24, 2.45) is 0 Å². The number of carbonyl (C=O) groups excluding carboxylic acids is 2. The standard InChI is InChI=1S/C22H29N3O4/c1-5-29-22(27)19-14(2)20(24-15(19)3)21(26)16(4)23-17-6-8-18(9-7-17)25-10-12-28-13-11-25/h6-9,16,23-24H,5,10-13H2,1-4H3/t16-/m1/s1. The van der Waals surface area contributed by atoms with Gasteiger partial charge in [-0.15, -0.1) is 0 Å². The van der Waals surface area contributed by atoms with Crippen LogP contribution in [0.25, 0.3) is 0 Å². The third-order valence-electron chi connectivity index (χ3n) is 5.18. The van der Waals surface area contributed by atoms with Crippen molar-refractivity contribution >= 4 is 23.1 Å².